The lowest BCUT2D eigenvalue weighted by Crippen LogP contribution is -2.22. The fourth-order valence-corrected chi connectivity index (χ4v) is 0.619. The maximum atomic E-state index is 5.77. The topological polar surface area (TPSA) is 24.1 Å². The first-order valence-electron chi connectivity index (χ1n) is 2.92. The SMILES string of the molecule is CN/C=C(/Cl)C(C)NC. The summed E-state index contributed by atoms with van der Waals surface area (Å²) in [4.78, 5) is 0. The van der Waals surface area contributed by atoms with E-state index in [1.165, 1.54) is 0 Å². The second-order valence-electron chi connectivity index (χ2n) is 1.83. The molecule has 1 atom stereocenters. The van der Waals surface area contributed by atoms with E-state index in [4.69, 9.17) is 11.6 Å². The van der Waals surface area contributed by atoms with Gasteiger partial charge in [-0.1, -0.05) is 11.6 Å². The summed E-state index contributed by atoms with van der Waals surface area (Å²) in [6, 6.07) is 0.235. The van der Waals surface area contributed by atoms with Crippen LogP contribution in [0.25, 0.3) is 0 Å². The molecule has 0 aromatic carbocycles. The van der Waals surface area contributed by atoms with E-state index in [1.54, 1.807) is 6.20 Å². The van der Waals surface area contributed by atoms with Crippen molar-refractivity contribution in [1.29, 1.82) is 0 Å². The Morgan fingerprint density at radius 2 is 2.11 bits per heavy atom. The highest BCUT2D eigenvalue weighted by Crippen LogP contribution is 2.04. The van der Waals surface area contributed by atoms with Crippen molar-refractivity contribution in [2.75, 3.05) is 14.1 Å². The predicted octanol–water partition coefficient (Wildman–Crippen LogP) is 0.894. The van der Waals surface area contributed by atoms with Gasteiger partial charge >= 0.3 is 0 Å². The van der Waals surface area contributed by atoms with E-state index in [0.29, 0.717) is 0 Å². The summed E-state index contributed by atoms with van der Waals surface area (Å²) in [5, 5.41) is 6.65. The van der Waals surface area contributed by atoms with Gasteiger partial charge < -0.3 is 10.6 Å². The molecular weight excluding hydrogens is 136 g/mol. The van der Waals surface area contributed by atoms with Crippen LogP contribution in [0.4, 0.5) is 0 Å². The van der Waals surface area contributed by atoms with Crippen molar-refractivity contribution in [2.45, 2.75) is 13.0 Å². The van der Waals surface area contributed by atoms with Gasteiger partial charge in [0.25, 0.3) is 0 Å². The minimum atomic E-state index is 0.235. The molecule has 0 spiro atoms. The average molecular weight is 149 g/mol. The van der Waals surface area contributed by atoms with Crippen molar-refractivity contribution in [3.63, 3.8) is 0 Å². The van der Waals surface area contributed by atoms with Gasteiger partial charge in [0.15, 0.2) is 0 Å². The summed E-state index contributed by atoms with van der Waals surface area (Å²) in [5.41, 5.74) is 0. The lowest BCUT2D eigenvalue weighted by Gasteiger charge is -2.07. The van der Waals surface area contributed by atoms with Crippen molar-refractivity contribution >= 4 is 11.6 Å². The molecule has 3 heteroatoms. The Labute approximate surface area is 61.3 Å². The fourth-order valence-electron chi connectivity index (χ4n) is 0.401. The minimum Gasteiger partial charge on any atom is -0.393 e. The Morgan fingerprint density at radius 1 is 1.56 bits per heavy atom. The third kappa shape index (κ3) is 3.38. The highest BCUT2D eigenvalue weighted by molar-refractivity contribution is 6.30. The van der Waals surface area contributed by atoms with Gasteiger partial charge in [-0.15, -0.1) is 0 Å². The van der Waals surface area contributed by atoms with Crippen LogP contribution in [-0.2, 0) is 0 Å². The number of halogens is 1. The second kappa shape index (κ2) is 4.65. The molecule has 0 heterocycles. The summed E-state index contributed by atoms with van der Waals surface area (Å²) in [7, 11) is 3.70. The monoisotopic (exact) mass is 148 g/mol. The smallest absolute Gasteiger partial charge is 0.0503 e. The average Bonchev–Trinajstić information content (AvgIpc) is 1.87. The van der Waals surface area contributed by atoms with Crippen LogP contribution in [0.15, 0.2) is 11.2 Å². The van der Waals surface area contributed by atoms with E-state index in [2.05, 4.69) is 10.6 Å². The second-order valence-corrected chi connectivity index (χ2v) is 2.26. The van der Waals surface area contributed by atoms with Crippen LogP contribution in [0.2, 0.25) is 0 Å². The largest absolute Gasteiger partial charge is 0.393 e. The van der Waals surface area contributed by atoms with E-state index >= 15 is 0 Å². The molecule has 9 heavy (non-hydrogen) atoms. The molecule has 1 unspecified atom stereocenters. The first kappa shape index (κ1) is 8.79. The van der Waals surface area contributed by atoms with Gasteiger partial charge in [-0.2, -0.15) is 0 Å². The number of hydrogen-bond donors (Lipinski definition) is 2. The molecule has 0 aliphatic heterocycles. The Kier molecular flexibility index (Phi) is 4.54. The minimum absolute atomic E-state index is 0.235. The van der Waals surface area contributed by atoms with Crippen LogP contribution in [0.3, 0.4) is 0 Å². The van der Waals surface area contributed by atoms with Crippen LogP contribution in [0.5, 0.6) is 0 Å². The molecule has 0 aliphatic rings. The molecule has 0 bridgehead atoms. The van der Waals surface area contributed by atoms with Gasteiger partial charge in [-0.3, -0.25) is 0 Å². The van der Waals surface area contributed by atoms with Crippen LogP contribution in [0, 0.1) is 0 Å². The van der Waals surface area contributed by atoms with Crippen molar-refractivity contribution in [3.05, 3.63) is 11.2 Å². The quantitative estimate of drug-likeness (QED) is 0.622. The lowest BCUT2D eigenvalue weighted by molar-refractivity contribution is 0.713. The Hall–Kier alpha value is -0.210. The van der Waals surface area contributed by atoms with E-state index in [9.17, 15) is 0 Å². The van der Waals surface area contributed by atoms with E-state index in [1.807, 2.05) is 21.0 Å². The molecule has 0 fully saturated rings. The first-order chi connectivity index (χ1) is 4.22. The van der Waals surface area contributed by atoms with Gasteiger partial charge in [0.05, 0.1) is 5.03 Å². The summed E-state index contributed by atoms with van der Waals surface area (Å²) in [6.45, 7) is 2.00. The van der Waals surface area contributed by atoms with Gasteiger partial charge in [0.1, 0.15) is 0 Å². The molecule has 0 amide bonds. The molecule has 0 aromatic rings. The number of rotatable bonds is 3. The molecule has 54 valence electrons. The van der Waals surface area contributed by atoms with Gasteiger partial charge in [0, 0.05) is 19.3 Å². The van der Waals surface area contributed by atoms with Crippen LogP contribution in [-0.4, -0.2) is 20.1 Å². The lowest BCUT2D eigenvalue weighted by atomic mass is 10.3. The van der Waals surface area contributed by atoms with E-state index in [0.717, 1.165) is 5.03 Å². The third-order valence-corrected chi connectivity index (χ3v) is 1.57. The predicted molar refractivity (Wildman–Crippen MR) is 41.5 cm³/mol. The maximum absolute atomic E-state index is 5.77. The van der Waals surface area contributed by atoms with Crippen molar-refractivity contribution in [3.8, 4) is 0 Å². The van der Waals surface area contributed by atoms with Gasteiger partial charge in [-0.05, 0) is 14.0 Å². The van der Waals surface area contributed by atoms with Crippen LogP contribution >= 0.6 is 11.6 Å². The third-order valence-electron chi connectivity index (χ3n) is 1.13. The molecule has 0 saturated heterocycles. The molecule has 2 N–H and O–H groups in total. The van der Waals surface area contributed by atoms with E-state index < -0.39 is 0 Å². The molecule has 0 radical (unpaired) electrons. The fraction of sp³-hybridized carbons (Fsp3) is 0.667. The van der Waals surface area contributed by atoms with Gasteiger partial charge in [0.2, 0.25) is 0 Å². The van der Waals surface area contributed by atoms with Crippen LogP contribution in [0.1, 0.15) is 6.92 Å². The molecule has 0 saturated carbocycles. The number of hydrogen-bond acceptors (Lipinski definition) is 2. The van der Waals surface area contributed by atoms with Crippen molar-refractivity contribution < 1.29 is 0 Å². The van der Waals surface area contributed by atoms with Crippen molar-refractivity contribution in [1.82, 2.24) is 10.6 Å². The summed E-state index contributed by atoms with van der Waals surface area (Å²) >= 11 is 5.77. The summed E-state index contributed by atoms with van der Waals surface area (Å²) in [6.07, 6.45) is 1.77. The highest BCUT2D eigenvalue weighted by Gasteiger charge is 1.99. The summed E-state index contributed by atoms with van der Waals surface area (Å²) in [5.74, 6) is 0. The van der Waals surface area contributed by atoms with Crippen molar-refractivity contribution in [2.24, 2.45) is 0 Å². The molecular formula is C6H13ClN2. The van der Waals surface area contributed by atoms with Crippen LogP contribution < -0.4 is 10.6 Å². The molecule has 2 nitrogen and oxygen atoms in total. The molecule has 0 aliphatic carbocycles. The first-order valence-corrected chi connectivity index (χ1v) is 3.30. The standard InChI is InChI=1S/C6H13ClN2/c1-5(9-3)6(7)4-8-2/h4-5,8-9H,1-3H3/b6-4+. The molecule has 0 rings (SSSR count). The summed E-state index contributed by atoms with van der Waals surface area (Å²) < 4.78 is 0. The highest BCUT2D eigenvalue weighted by atomic mass is 35.5. The molecule has 0 aromatic heterocycles. The number of likely N-dealkylation sites (N-methyl/N-ethyl adjacent to an activating group) is 1. The van der Waals surface area contributed by atoms with Gasteiger partial charge in [-0.25, -0.2) is 0 Å². The Balaban J connectivity index is 3.70. The Morgan fingerprint density at radius 3 is 2.44 bits per heavy atom. The zero-order chi connectivity index (χ0) is 7.28. The number of nitrogens with one attached hydrogen (secondary N) is 2. The zero-order valence-electron chi connectivity index (χ0n) is 6.03. The Bertz CT molecular complexity index is 101. The zero-order valence-corrected chi connectivity index (χ0v) is 6.79. The maximum Gasteiger partial charge on any atom is 0.0503 e. The van der Waals surface area contributed by atoms with E-state index in [-0.39, 0.29) is 6.04 Å². The normalized spacial score (nSPS) is 15.3.